The molecule has 1 aliphatic rings. The van der Waals surface area contributed by atoms with Gasteiger partial charge in [0.2, 0.25) is 0 Å². The molecule has 1 aliphatic heterocycles. The maximum absolute atomic E-state index is 10.9. The van der Waals surface area contributed by atoms with Crippen molar-refractivity contribution in [2.45, 2.75) is 0 Å². The van der Waals surface area contributed by atoms with Crippen molar-refractivity contribution in [2.75, 3.05) is 4.90 Å². The van der Waals surface area contributed by atoms with E-state index in [4.69, 9.17) is 12.2 Å². The van der Waals surface area contributed by atoms with Gasteiger partial charge in [0.1, 0.15) is 6.54 Å². The first-order valence-corrected chi connectivity index (χ1v) is 4.22. The summed E-state index contributed by atoms with van der Waals surface area (Å²) >= 11 is 4.96. The number of amides is 1. The van der Waals surface area contributed by atoms with E-state index in [0.717, 1.165) is 5.69 Å². The van der Waals surface area contributed by atoms with Gasteiger partial charge >= 0.3 is 0 Å². The first kappa shape index (κ1) is 8.19. The first-order valence-electron chi connectivity index (χ1n) is 3.81. The van der Waals surface area contributed by atoms with Crippen molar-refractivity contribution in [1.29, 1.82) is 0 Å². The number of carbonyl (C=O) groups excluding carboxylic acids is 1. The molecule has 1 saturated heterocycles. The van der Waals surface area contributed by atoms with E-state index in [1.54, 1.807) is 4.90 Å². The second-order valence-electron chi connectivity index (χ2n) is 2.63. The highest BCUT2D eigenvalue weighted by atomic mass is 32.1. The molecule has 0 unspecified atom stereocenters. The van der Waals surface area contributed by atoms with Crippen molar-refractivity contribution in [2.24, 2.45) is 0 Å². The molecule has 1 fully saturated rings. The summed E-state index contributed by atoms with van der Waals surface area (Å²) in [5.74, 6) is -0.172. The number of benzene rings is 1. The van der Waals surface area contributed by atoms with Gasteiger partial charge in [0.25, 0.3) is 5.91 Å². The van der Waals surface area contributed by atoms with Gasteiger partial charge in [-0.3, -0.25) is 4.79 Å². The van der Waals surface area contributed by atoms with Crippen molar-refractivity contribution >= 4 is 28.9 Å². The smallest absolute Gasteiger partial charge is 0.252 e. The van der Waals surface area contributed by atoms with E-state index in [-0.39, 0.29) is 5.91 Å². The number of rotatable bonds is 1. The Morgan fingerprint density at radius 2 is 1.92 bits per heavy atom. The summed E-state index contributed by atoms with van der Waals surface area (Å²) in [6.45, 7) is 1.44. The van der Waals surface area contributed by atoms with Crippen molar-refractivity contribution in [3.63, 3.8) is 0 Å². The van der Waals surface area contributed by atoms with Crippen LogP contribution in [-0.4, -0.2) is 11.0 Å². The molecule has 1 amide bonds. The lowest BCUT2D eigenvalue weighted by Gasteiger charge is -2.13. The van der Waals surface area contributed by atoms with E-state index in [9.17, 15) is 4.79 Å². The molecule has 3 nitrogen and oxygen atoms in total. The second kappa shape index (κ2) is 3.14. The minimum Gasteiger partial charge on any atom is -0.303 e. The van der Waals surface area contributed by atoms with Crippen LogP contribution in [0.2, 0.25) is 0 Å². The molecule has 0 aromatic heterocycles. The molecule has 1 aromatic carbocycles. The van der Waals surface area contributed by atoms with Crippen molar-refractivity contribution < 1.29 is 4.79 Å². The van der Waals surface area contributed by atoms with Gasteiger partial charge in [-0.25, -0.2) is 0 Å². The maximum Gasteiger partial charge on any atom is 0.252 e. The Kier molecular flexibility index (Phi) is 1.98. The Labute approximate surface area is 81.4 Å². The van der Waals surface area contributed by atoms with Crippen LogP contribution in [0, 0.1) is 6.54 Å². The number of para-hydroxylation sites is 1. The standard InChI is InChI=1S/C9H7N2OS/c12-8-6-11(9(13)10-8)7-4-2-1-3-5-7/h1-6H,(H,10,12,13). The Balaban J connectivity index is 2.28. The molecule has 0 bridgehead atoms. The van der Waals surface area contributed by atoms with Gasteiger partial charge in [0.05, 0.1) is 0 Å². The summed E-state index contributed by atoms with van der Waals surface area (Å²) < 4.78 is 0. The van der Waals surface area contributed by atoms with E-state index < -0.39 is 0 Å². The summed E-state index contributed by atoms with van der Waals surface area (Å²) in [4.78, 5) is 12.6. The predicted molar refractivity (Wildman–Crippen MR) is 54.0 cm³/mol. The highest BCUT2D eigenvalue weighted by Gasteiger charge is 2.24. The van der Waals surface area contributed by atoms with Crippen LogP contribution in [0.1, 0.15) is 0 Å². The summed E-state index contributed by atoms with van der Waals surface area (Å²) in [6.07, 6.45) is 0. The highest BCUT2D eigenvalue weighted by molar-refractivity contribution is 7.80. The van der Waals surface area contributed by atoms with Crippen LogP contribution in [0.5, 0.6) is 0 Å². The molecule has 0 atom stereocenters. The number of carbonyl (C=O) groups is 1. The second-order valence-corrected chi connectivity index (χ2v) is 3.02. The number of nitrogens with zero attached hydrogens (tertiary/aromatic N) is 1. The van der Waals surface area contributed by atoms with Gasteiger partial charge in [0.15, 0.2) is 5.11 Å². The lowest BCUT2D eigenvalue weighted by atomic mass is 10.3. The number of anilines is 1. The number of thiocarbonyl (C=S) groups is 1. The van der Waals surface area contributed by atoms with Gasteiger partial charge in [-0.2, -0.15) is 0 Å². The van der Waals surface area contributed by atoms with Crippen molar-refractivity contribution in [3.05, 3.63) is 36.9 Å². The lowest BCUT2D eigenvalue weighted by molar-refractivity contribution is -0.115. The molecule has 4 heteroatoms. The maximum atomic E-state index is 10.9. The lowest BCUT2D eigenvalue weighted by Crippen LogP contribution is -2.26. The van der Waals surface area contributed by atoms with Crippen LogP contribution in [0.3, 0.4) is 0 Å². The molecular weight excluding hydrogens is 184 g/mol. The average Bonchev–Trinajstić information content (AvgIpc) is 2.47. The van der Waals surface area contributed by atoms with Crippen LogP contribution < -0.4 is 10.2 Å². The van der Waals surface area contributed by atoms with Crippen LogP contribution in [0.4, 0.5) is 5.69 Å². The van der Waals surface area contributed by atoms with E-state index in [1.807, 2.05) is 30.3 Å². The molecule has 1 heterocycles. The van der Waals surface area contributed by atoms with E-state index >= 15 is 0 Å². The molecular formula is C9H7N2OS. The quantitative estimate of drug-likeness (QED) is 0.674. The van der Waals surface area contributed by atoms with Gasteiger partial charge in [-0.1, -0.05) is 18.2 Å². The molecule has 13 heavy (non-hydrogen) atoms. The van der Waals surface area contributed by atoms with E-state index in [1.165, 1.54) is 6.54 Å². The van der Waals surface area contributed by atoms with Crippen molar-refractivity contribution in [1.82, 2.24) is 5.32 Å². The SMILES string of the molecule is O=C1[CH]N(c2ccccc2)C(=S)N1. The summed E-state index contributed by atoms with van der Waals surface area (Å²) in [5, 5.41) is 2.96. The Bertz CT molecular complexity index is 350. The highest BCUT2D eigenvalue weighted by Crippen LogP contribution is 2.17. The molecule has 0 spiro atoms. The Hall–Kier alpha value is -1.42. The fourth-order valence-corrected chi connectivity index (χ4v) is 1.41. The number of hydrogen-bond acceptors (Lipinski definition) is 2. The molecule has 2 rings (SSSR count). The third-order valence-electron chi connectivity index (χ3n) is 1.73. The van der Waals surface area contributed by atoms with E-state index in [2.05, 4.69) is 5.32 Å². The predicted octanol–water partition coefficient (Wildman–Crippen LogP) is 1.07. The Morgan fingerprint density at radius 3 is 2.46 bits per heavy atom. The monoisotopic (exact) mass is 191 g/mol. The molecule has 1 radical (unpaired) electrons. The van der Waals surface area contributed by atoms with Gasteiger partial charge in [-0.15, -0.1) is 0 Å². The topological polar surface area (TPSA) is 32.3 Å². The normalized spacial score (nSPS) is 16.2. The van der Waals surface area contributed by atoms with Crippen LogP contribution in [0.25, 0.3) is 0 Å². The minimum absolute atomic E-state index is 0.172. The molecule has 1 aromatic rings. The molecule has 1 N–H and O–H groups in total. The zero-order valence-corrected chi connectivity index (χ0v) is 7.54. The molecule has 0 saturated carbocycles. The zero-order chi connectivity index (χ0) is 9.26. The zero-order valence-electron chi connectivity index (χ0n) is 6.73. The average molecular weight is 191 g/mol. The van der Waals surface area contributed by atoms with Crippen LogP contribution >= 0.6 is 12.2 Å². The van der Waals surface area contributed by atoms with Crippen LogP contribution in [-0.2, 0) is 4.79 Å². The fourth-order valence-electron chi connectivity index (χ4n) is 1.15. The van der Waals surface area contributed by atoms with Crippen LogP contribution in [0.15, 0.2) is 30.3 Å². The minimum atomic E-state index is -0.172. The van der Waals surface area contributed by atoms with E-state index in [0.29, 0.717) is 5.11 Å². The Morgan fingerprint density at radius 1 is 1.23 bits per heavy atom. The number of hydrogen-bond donors (Lipinski definition) is 1. The molecule has 65 valence electrons. The first-order chi connectivity index (χ1) is 6.27. The summed E-state index contributed by atoms with van der Waals surface area (Å²) in [6, 6.07) is 9.49. The summed E-state index contributed by atoms with van der Waals surface area (Å²) in [5.41, 5.74) is 0.894. The third kappa shape index (κ3) is 1.53. The summed E-state index contributed by atoms with van der Waals surface area (Å²) in [7, 11) is 0. The van der Waals surface area contributed by atoms with Gasteiger partial charge < -0.3 is 10.2 Å². The van der Waals surface area contributed by atoms with Gasteiger partial charge in [0, 0.05) is 5.69 Å². The third-order valence-corrected chi connectivity index (χ3v) is 2.03. The molecule has 0 aliphatic carbocycles. The van der Waals surface area contributed by atoms with Gasteiger partial charge in [-0.05, 0) is 24.4 Å². The largest absolute Gasteiger partial charge is 0.303 e. The number of nitrogens with one attached hydrogen (secondary N) is 1. The fraction of sp³-hybridized carbons (Fsp3) is 0. The van der Waals surface area contributed by atoms with Crippen molar-refractivity contribution in [3.8, 4) is 0 Å².